The maximum absolute atomic E-state index is 13.3. The molecule has 0 unspecified atom stereocenters. The van der Waals surface area contributed by atoms with Gasteiger partial charge in [-0.2, -0.15) is 0 Å². The van der Waals surface area contributed by atoms with E-state index in [0.717, 1.165) is 32.1 Å². The molecule has 3 aromatic carbocycles. The summed E-state index contributed by atoms with van der Waals surface area (Å²) >= 11 is 0. The number of carbonyl (C=O) groups excluding carboxylic acids is 3. The molecule has 1 aliphatic rings. The van der Waals surface area contributed by atoms with E-state index in [1.807, 2.05) is 0 Å². The molecule has 1 saturated heterocycles. The molecule has 0 aromatic heterocycles. The Balaban J connectivity index is 1.53. The van der Waals surface area contributed by atoms with Crippen LogP contribution in [0.15, 0.2) is 96.1 Å². The van der Waals surface area contributed by atoms with Gasteiger partial charge in [0.2, 0.25) is 0 Å². The van der Waals surface area contributed by atoms with E-state index in [2.05, 4.69) is 10.0 Å². The molecule has 1 N–H and O–H groups in total. The first-order valence-electron chi connectivity index (χ1n) is 15.7. The number of ether oxygens (including phenoxy) is 5. The van der Waals surface area contributed by atoms with Crippen LogP contribution >= 0.6 is 0 Å². The minimum atomic E-state index is -1.31. The molecule has 4 rings (SSSR count). The van der Waals surface area contributed by atoms with Crippen LogP contribution in [0.1, 0.15) is 69.6 Å². The summed E-state index contributed by atoms with van der Waals surface area (Å²) in [6, 6.07) is 24.8. The highest BCUT2D eigenvalue weighted by atomic mass is 16.7. The van der Waals surface area contributed by atoms with Crippen molar-refractivity contribution < 1.29 is 43.2 Å². The highest BCUT2D eigenvalue weighted by Crippen LogP contribution is 2.33. The average molecular weight is 646 g/mol. The van der Waals surface area contributed by atoms with Gasteiger partial charge in [-0.1, -0.05) is 85.4 Å². The van der Waals surface area contributed by atoms with E-state index in [1.165, 1.54) is 0 Å². The van der Waals surface area contributed by atoms with E-state index in [0.29, 0.717) is 13.0 Å². The Labute approximate surface area is 273 Å². The van der Waals surface area contributed by atoms with Gasteiger partial charge in [0.1, 0.15) is 6.10 Å². The molecular weight excluding hydrogens is 606 g/mol. The van der Waals surface area contributed by atoms with Crippen molar-refractivity contribution >= 4 is 17.9 Å². The fourth-order valence-electron chi connectivity index (χ4n) is 5.10. The Morgan fingerprint density at radius 2 is 1.21 bits per heavy atom. The number of aliphatic hydroxyl groups is 1. The predicted molar refractivity (Wildman–Crippen MR) is 170 cm³/mol. The van der Waals surface area contributed by atoms with Crippen molar-refractivity contribution in [1.82, 2.24) is 0 Å². The first-order chi connectivity index (χ1) is 23.0. The molecule has 0 radical (unpaired) electrons. The number of hydrogen-bond donors (Lipinski definition) is 1. The second-order valence-corrected chi connectivity index (χ2v) is 10.9. The van der Waals surface area contributed by atoms with Gasteiger partial charge in [0.25, 0.3) is 0 Å². The largest absolute Gasteiger partial charge is 0.453 e. The first kappa shape index (κ1) is 35.1. The Morgan fingerprint density at radius 1 is 0.723 bits per heavy atom. The van der Waals surface area contributed by atoms with Crippen molar-refractivity contribution in [2.24, 2.45) is 5.11 Å². The van der Waals surface area contributed by atoms with Gasteiger partial charge in [0.15, 0.2) is 24.6 Å². The van der Waals surface area contributed by atoms with Gasteiger partial charge in [-0.25, -0.2) is 14.4 Å². The third kappa shape index (κ3) is 10.7. The number of hydrogen-bond acceptors (Lipinski definition) is 10. The third-order valence-electron chi connectivity index (χ3n) is 7.52. The summed E-state index contributed by atoms with van der Waals surface area (Å²) < 4.78 is 29.7. The van der Waals surface area contributed by atoms with Crippen molar-refractivity contribution in [2.75, 3.05) is 19.8 Å². The minimum Gasteiger partial charge on any atom is -0.453 e. The molecule has 0 spiro atoms. The van der Waals surface area contributed by atoms with Crippen LogP contribution in [0.4, 0.5) is 0 Å². The molecule has 3 aromatic rings. The number of carbonyl (C=O) groups is 3. The predicted octanol–water partition coefficient (Wildman–Crippen LogP) is 6.05. The molecule has 248 valence electrons. The third-order valence-corrected chi connectivity index (χ3v) is 7.52. The molecule has 1 heterocycles. The van der Waals surface area contributed by atoms with Crippen LogP contribution < -0.4 is 0 Å². The molecule has 0 aliphatic carbocycles. The summed E-state index contributed by atoms with van der Waals surface area (Å²) in [5, 5.41) is 13.9. The van der Waals surface area contributed by atoms with Crippen LogP contribution in [0.2, 0.25) is 0 Å². The van der Waals surface area contributed by atoms with E-state index < -0.39 is 55.2 Å². The maximum atomic E-state index is 13.3. The number of unbranched alkanes of at least 4 members (excludes halogenated alkanes) is 5. The van der Waals surface area contributed by atoms with Crippen LogP contribution in [-0.2, 0) is 23.7 Å². The average Bonchev–Trinajstić information content (AvgIpc) is 3.44. The van der Waals surface area contributed by atoms with Gasteiger partial charge in [0.05, 0.1) is 23.3 Å². The summed E-state index contributed by atoms with van der Waals surface area (Å²) in [4.78, 5) is 42.3. The van der Waals surface area contributed by atoms with E-state index in [4.69, 9.17) is 29.2 Å². The Bertz CT molecular complexity index is 1450. The van der Waals surface area contributed by atoms with Crippen molar-refractivity contribution in [1.29, 1.82) is 0 Å². The van der Waals surface area contributed by atoms with Gasteiger partial charge in [-0.15, -0.1) is 0 Å². The van der Waals surface area contributed by atoms with E-state index in [-0.39, 0.29) is 23.3 Å². The number of esters is 3. The smallest absolute Gasteiger partial charge is 0.338 e. The molecule has 12 nitrogen and oxygen atoms in total. The van der Waals surface area contributed by atoms with Gasteiger partial charge in [-0.05, 0) is 54.8 Å². The van der Waals surface area contributed by atoms with Gasteiger partial charge >= 0.3 is 17.9 Å². The zero-order valence-electron chi connectivity index (χ0n) is 26.0. The SMILES string of the molecule is [N-]=[N+]=NCCCCCCCCO[C@@H]1O[C@@H]([C@@H](CO)OC(=O)c2ccccc2)[C@H](OC(=O)c2ccccc2)[C@H]1OC(=O)c1ccccc1. The monoisotopic (exact) mass is 645 g/mol. The van der Waals surface area contributed by atoms with Crippen LogP contribution in [0.5, 0.6) is 0 Å². The van der Waals surface area contributed by atoms with E-state index >= 15 is 0 Å². The number of azide groups is 1. The zero-order valence-corrected chi connectivity index (χ0v) is 26.0. The number of aliphatic hydroxyl groups excluding tert-OH is 1. The Morgan fingerprint density at radius 3 is 1.74 bits per heavy atom. The fourth-order valence-corrected chi connectivity index (χ4v) is 5.10. The van der Waals surface area contributed by atoms with Crippen LogP contribution in [0, 0.1) is 0 Å². The zero-order chi connectivity index (χ0) is 33.3. The standard InChI is InChI=1S/C35H39N3O9/c36-38-37-22-14-3-1-2-4-15-23-43-35-31(46-34(42)27-20-12-7-13-21-27)30(45-33(41)26-18-10-6-11-19-26)29(47-35)28(24-39)44-32(40)25-16-8-5-9-17-25/h5-13,16-21,28-31,35,39H,1-4,14-15,22-24H2/t28-,29+,30+,31-,35-/m1/s1. The van der Waals surface area contributed by atoms with Crippen molar-refractivity contribution in [3.8, 4) is 0 Å². The van der Waals surface area contributed by atoms with E-state index in [1.54, 1.807) is 91.0 Å². The lowest BCUT2D eigenvalue weighted by Crippen LogP contribution is -2.47. The minimum absolute atomic E-state index is 0.239. The van der Waals surface area contributed by atoms with Gasteiger partial charge < -0.3 is 28.8 Å². The van der Waals surface area contributed by atoms with Gasteiger partial charge in [0, 0.05) is 18.1 Å². The highest BCUT2D eigenvalue weighted by Gasteiger charge is 2.54. The number of nitrogens with zero attached hydrogens (tertiary/aromatic N) is 3. The molecule has 5 atom stereocenters. The molecular formula is C35H39N3O9. The lowest BCUT2D eigenvalue weighted by Gasteiger charge is -2.27. The topological polar surface area (TPSA) is 166 Å². The van der Waals surface area contributed by atoms with Crippen LogP contribution in [-0.4, -0.2) is 73.5 Å². The molecule has 0 saturated carbocycles. The molecule has 0 bridgehead atoms. The Kier molecular flexibility index (Phi) is 14.2. The lowest BCUT2D eigenvalue weighted by atomic mass is 10.0. The van der Waals surface area contributed by atoms with Crippen LogP contribution in [0.25, 0.3) is 10.4 Å². The molecule has 47 heavy (non-hydrogen) atoms. The summed E-state index contributed by atoms with van der Waals surface area (Å²) in [6.07, 6.45) is -1.09. The highest BCUT2D eigenvalue weighted by molar-refractivity contribution is 5.91. The second-order valence-electron chi connectivity index (χ2n) is 10.9. The Hall–Kier alpha value is -4.74. The summed E-state index contributed by atoms with van der Waals surface area (Å²) in [7, 11) is 0. The first-order valence-corrected chi connectivity index (χ1v) is 15.7. The summed E-state index contributed by atoms with van der Waals surface area (Å²) in [6.45, 7) is 0.0468. The quantitative estimate of drug-likeness (QED) is 0.0433. The molecule has 0 amide bonds. The van der Waals surface area contributed by atoms with Crippen LogP contribution in [0.3, 0.4) is 0 Å². The van der Waals surface area contributed by atoms with Gasteiger partial charge in [-0.3, -0.25) is 0 Å². The molecule has 1 aliphatic heterocycles. The van der Waals surface area contributed by atoms with E-state index in [9.17, 15) is 19.5 Å². The number of benzene rings is 3. The second kappa shape index (κ2) is 19.0. The van der Waals surface area contributed by atoms with Crippen molar-refractivity contribution in [3.05, 3.63) is 118 Å². The molecule has 1 fully saturated rings. The molecule has 12 heteroatoms. The fraction of sp³-hybridized carbons (Fsp3) is 0.400. The number of rotatable bonds is 18. The van der Waals surface area contributed by atoms with Crippen molar-refractivity contribution in [3.63, 3.8) is 0 Å². The van der Waals surface area contributed by atoms with Crippen molar-refractivity contribution in [2.45, 2.75) is 69.2 Å². The maximum Gasteiger partial charge on any atom is 0.338 e. The summed E-state index contributed by atoms with van der Waals surface area (Å²) in [5.41, 5.74) is 9.14. The summed E-state index contributed by atoms with van der Waals surface area (Å²) in [5.74, 6) is -2.14. The lowest BCUT2D eigenvalue weighted by molar-refractivity contribution is -0.182. The normalized spacial score (nSPS) is 19.3.